The van der Waals surface area contributed by atoms with Crippen LogP contribution in [0.4, 0.5) is 0 Å². The van der Waals surface area contributed by atoms with Crippen molar-refractivity contribution < 1.29 is 0 Å². The summed E-state index contributed by atoms with van der Waals surface area (Å²) in [6, 6.07) is 17.1. The third-order valence-corrected chi connectivity index (χ3v) is 3.76. The van der Waals surface area contributed by atoms with Crippen LogP contribution in [0.3, 0.4) is 0 Å². The van der Waals surface area contributed by atoms with Crippen molar-refractivity contribution >= 4 is 0 Å². The summed E-state index contributed by atoms with van der Waals surface area (Å²) in [7, 11) is 0. The monoisotopic (exact) mass is 261 g/mol. The van der Waals surface area contributed by atoms with Gasteiger partial charge < -0.3 is 0 Å². The molecule has 0 atom stereocenters. The molecule has 0 saturated carbocycles. The lowest BCUT2D eigenvalue weighted by atomic mass is 10.00. The number of aryl methyl sites for hydroxylation is 1. The molecule has 0 aromatic heterocycles. The first-order valence-corrected chi connectivity index (χ1v) is 7.16. The highest BCUT2D eigenvalue weighted by atomic mass is 15.1. The maximum atomic E-state index is 3.31. The fourth-order valence-corrected chi connectivity index (χ4v) is 2.67. The summed E-state index contributed by atoms with van der Waals surface area (Å²) in [5.74, 6) is 6.57. The Labute approximate surface area is 121 Å². The average Bonchev–Trinajstić information content (AvgIpc) is 2.47. The maximum absolute atomic E-state index is 3.31. The second kappa shape index (κ2) is 5.94. The Balaban J connectivity index is 1.64. The van der Waals surface area contributed by atoms with Gasteiger partial charge in [0.15, 0.2) is 0 Å². The minimum Gasteiger partial charge on any atom is -0.288 e. The SMILES string of the molecule is Cc1cccc(C#CCN2CCc3ccccc3C2)c1. The van der Waals surface area contributed by atoms with E-state index < -0.39 is 0 Å². The van der Waals surface area contributed by atoms with Crippen molar-refractivity contribution in [2.75, 3.05) is 13.1 Å². The Kier molecular flexibility index (Phi) is 3.85. The number of rotatable bonds is 1. The van der Waals surface area contributed by atoms with Gasteiger partial charge in [-0.15, -0.1) is 0 Å². The molecule has 0 fully saturated rings. The molecule has 3 rings (SSSR count). The van der Waals surface area contributed by atoms with E-state index in [9.17, 15) is 0 Å². The van der Waals surface area contributed by atoms with Crippen molar-refractivity contribution in [1.29, 1.82) is 0 Å². The van der Waals surface area contributed by atoms with Crippen LogP contribution in [0.25, 0.3) is 0 Å². The molecule has 1 heterocycles. The zero-order valence-electron chi connectivity index (χ0n) is 11.9. The van der Waals surface area contributed by atoms with E-state index in [4.69, 9.17) is 0 Å². The molecule has 2 aromatic rings. The first kappa shape index (κ1) is 13.0. The summed E-state index contributed by atoms with van der Waals surface area (Å²) in [5, 5.41) is 0. The molecule has 0 aliphatic carbocycles. The van der Waals surface area contributed by atoms with Gasteiger partial charge in [0.05, 0.1) is 6.54 Å². The van der Waals surface area contributed by atoms with Crippen molar-refractivity contribution in [2.45, 2.75) is 19.9 Å². The third kappa shape index (κ3) is 3.10. The molecule has 1 heteroatoms. The van der Waals surface area contributed by atoms with Crippen LogP contribution >= 0.6 is 0 Å². The zero-order valence-corrected chi connectivity index (χ0v) is 11.9. The number of nitrogens with zero attached hydrogens (tertiary/aromatic N) is 1. The fourth-order valence-electron chi connectivity index (χ4n) is 2.67. The van der Waals surface area contributed by atoms with Crippen molar-refractivity contribution in [3.63, 3.8) is 0 Å². The fraction of sp³-hybridized carbons (Fsp3) is 0.263. The van der Waals surface area contributed by atoms with Crippen LogP contribution in [0.15, 0.2) is 48.5 Å². The molecule has 0 N–H and O–H groups in total. The summed E-state index contributed by atoms with van der Waals surface area (Å²) in [4.78, 5) is 2.42. The Morgan fingerprint density at radius 2 is 1.90 bits per heavy atom. The van der Waals surface area contributed by atoms with Crippen LogP contribution < -0.4 is 0 Å². The van der Waals surface area contributed by atoms with E-state index in [1.165, 1.54) is 16.7 Å². The smallest absolute Gasteiger partial charge is 0.0608 e. The normalized spacial score (nSPS) is 14.2. The first-order valence-electron chi connectivity index (χ1n) is 7.16. The quantitative estimate of drug-likeness (QED) is 0.711. The minimum atomic E-state index is 0.849. The van der Waals surface area contributed by atoms with Crippen LogP contribution in [0, 0.1) is 18.8 Å². The van der Waals surface area contributed by atoms with E-state index in [2.05, 4.69) is 72.2 Å². The molecule has 2 aromatic carbocycles. The van der Waals surface area contributed by atoms with Gasteiger partial charge in [-0.05, 0) is 42.2 Å². The Hall–Kier alpha value is -2.04. The van der Waals surface area contributed by atoms with Gasteiger partial charge in [0.2, 0.25) is 0 Å². The molecule has 1 nitrogen and oxygen atoms in total. The zero-order chi connectivity index (χ0) is 13.8. The molecule has 1 aliphatic heterocycles. The van der Waals surface area contributed by atoms with Gasteiger partial charge >= 0.3 is 0 Å². The Morgan fingerprint density at radius 3 is 2.75 bits per heavy atom. The van der Waals surface area contributed by atoms with Gasteiger partial charge in [-0.3, -0.25) is 4.90 Å². The minimum absolute atomic E-state index is 0.849. The molecule has 0 amide bonds. The van der Waals surface area contributed by atoms with Crippen molar-refractivity contribution in [3.8, 4) is 11.8 Å². The number of hydrogen-bond donors (Lipinski definition) is 0. The number of hydrogen-bond acceptors (Lipinski definition) is 1. The molecule has 100 valence electrons. The predicted octanol–water partition coefficient (Wildman–Crippen LogP) is 3.40. The molecular weight excluding hydrogens is 242 g/mol. The highest BCUT2D eigenvalue weighted by Crippen LogP contribution is 2.17. The van der Waals surface area contributed by atoms with E-state index in [-0.39, 0.29) is 0 Å². The summed E-state index contributed by atoms with van der Waals surface area (Å²) in [6.07, 6.45) is 1.14. The van der Waals surface area contributed by atoms with Crippen LogP contribution in [-0.4, -0.2) is 18.0 Å². The summed E-state index contributed by atoms with van der Waals surface area (Å²) < 4.78 is 0. The molecule has 20 heavy (non-hydrogen) atoms. The molecule has 0 spiro atoms. The van der Waals surface area contributed by atoms with Crippen LogP contribution in [0.5, 0.6) is 0 Å². The van der Waals surface area contributed by atoms with Gasteiger partial charge in [-0.25, -0.2) is 0 Å². The van der Waals surface area contributed by atoms with E-state index in [0.29, 0.717) is 0 Å². The van der Waals surface area contributed by atoms with Crippen molar-refractivity contribution in [2.24, 2.45) is 0 Å². The lowest BCUT2D eigenvalue weighted by Crippen LogP contribution is -2.30. The lowest BCUT2D eigenvalue weighted by molar-refractivity contribution is 0.286. The molecule has 0 saturated heterocycles. The van der Waals surface area contributed by atoms with Gasteiger partial charge in [0.25, 0.3) is 0 Å². The Morgan fingerprint density at radius 1 is 1.05 bits per heavy atom. The summed E-state index contributed by atoms with van der Waals surface area (Å²) in [5.41, 5.74) is 5.33. The van der Waals surface area contributed by atoms with E-state index in [0.717, 1.165) is 31.6 Å². The second-order valence-electron chi connectivity index (χ2n) is 5.40. The largest absolute Gasteiger partial charge is 0.288 e. The van der Waals surface area contributed by atoms with Crippen molar-refractivity contribution in [3.05, 3.63) is 70.8 Å². The van der Waals surface area contributed by atoms with Gasteiger partial charge in [-0.2, -0.15) is 0 Å². The van der Waals surface area contributed by atoms with Gasteiger partial charge in [0, 0.05) is 18.7 Å². The third-order valence-electron chi connectivity index (χ3n) is 3.76. The van der Waals surface area contributed by atoms with E-state index in [1.807, 2.05) is 0 Å². The Bertz CT molecular complexity index is 661. The van der Waals surface area contributed by atoms with E-state index in [1.54, 1.807) is 0 Å². The van der Waals surface area contributed by atoms with Crippen LogP contribution in [0.1, 0.15) is 22.3 Å². The standard InChI is InChI=1S/C19H19N/c1-16-6-4-7-17(14-16)8-5-12-20-13-11-18-9-2-3-10-19(18)15-20/h2-4,6-7,9-10,14H,11-13,15H2,1H3. The van der Waals surface area contributed by atoms with Gasteiger partial charge in [-0.1, -0.05) is 48.2 Å². The van der Waals surface area contributed by atoms with Crippen LogP contribution in [0.2, 0.25) is 0 Å². The summed E-state index contributed by atoms with van der Waals surface area (Å²) >= 11 is 0. The number of benzene rings is 2. The average molecular weight is 261 g/mol. The molecule has 0 bridgehead atoms. The van der Waals surface area contributed by atoms with Crippen LogP contribution in [-0.2, 0) is 13.0 Å². The predicted molar refractivity (Wildman–Crippen MR) is 83.5 cm³/mol. The molecule has 0 unspecified atom stereocenters. The molecular formula is C19H19N. The van der Waals surface area contributed by atoms with E-state index >= 15 is 0 Å². The van der Waals surface area contributed by atoms with Crippen molar-refractivity contribution in [1.82, 2.24) is 4.90 Å². The maximum Gasteiger partial charge on any atom is 0.0608 e. The lowest BCUT2D eigenvalue weighted by Gasteiger charge is -2.26. The van der Waals surface area contributed by atoms with Gasteiger partial charge in [0.1, 0.15) is 0 Å². The molecule has 0 radical (unpaired) electrons. The second-order valence-corrected chi connectivity index (χ2v) is 5.40. The summed E-state index contributed by atoms with van der Waals surface area (Å²) in [6.45, 7) is 5.09. The topological polar surface area (TPSA) is 3.24 Å². The molecule has 1 aliphatic rings. The number of fused-ring (bicyclic) bond motifs is 1. The highest BCUT2D eigenvalue weighted by molar-refractivity contribution is 5.37. The highest BCUT2D eigenvalue weighted by Gasteiger charge is 2.13. The first-order chi connectivity index (χ1) is 9.81.